The number of alkyl halides is 2. The van der Waals surface area contributed by atoms with Gasteiger partial charge in [-0.05, 0) is 44.0 Å². The summed E-state index contributed by atoms with van der Waals surface area (Å²) in [4.78, 5) is 31.0. The molecule has 2 atom stereocenters. The Morgan fingerprint density at radius 2 is 1.98 bits per heavy atom. The first kappa shape index (κ1) is 30.6. The third-order valence-corrected chi connectivity index (χ3v) is 10.9. The van der Waals surface area contributed by atoms with Gasteiger partial charge in [0.15, 0.2) is 5.60 Å². The summed E-state index contributed by atoms with van der Waals surface area (Å²) in [7, 11) is 1.41. The van der Waals surface area contributed by atoms with Gasteiger partial charge in [-0.25, -0.2) is 22.8 Å². The molecule has 5 aromatic rings. The largest absolute Gasteiger partial charge is 0.494 e. The number of aliphatic hydroxyl groups is 1. The average molecular weight is 678 g/mol. The predicted molar refractivity (Wildman–Crippen MR) is 171 cm³/mol. The SMILES string of the molecule is COc1cc(C(=O)NCC(O)(c2cc3c(c(-c4csc5c(F)cccc45)n2)OC[C@]3(C)C(N)=O)C2(F)CC2)cc2cn(C3(F)CC3)nc12. The Kier molecular flexibility index (Phi) is 6.48. The molecule has 0 radical (unpaired) electrons. The van der Waals surface area contributed by atoms with Gasteiger partial charge < -0.3 is 25.6 Å². The molecule has 0 spiro atoms. The highest BCUT2D eigenvalue weighted by atomic mass is 32.1. The van der Waals surface area contributed by atoms with Crippen LogP contribution >= 0.6 is 11.3 Å². The lowest BCUT2D eigenvalue weighted by Crippen LogP contribution is -2.49. The van der Waals surface area contributed by atoms with Crippen LogP contribution in [0.25, 0.3) is 32.2 Å². The highest BCUT2D eigenvalue weighted by Crippen LogP contribution is 2.55. The number of primary amides is 1. The number of nitrogens with zero attached hydrogens (tertiary/aromatic N) is 3. The maximum absolute atomic E-state index is 16.3. The van der Waals surface area contributed by atoms with Crippen LogP contribution in [-0.4, -0.2) is 57.6 Å². The molecule has 248 valence electrons. The van der Waals surface area contributed by atoms with Crippen LogP contribution in [0.3, 0.4) is 0 Å². The van der Waals surface area contributed by atoms with Gasteiger partial charge in [0.2, 0.25) is 11.7 Å². The number of pyridine rings is 1. The number of amides is 2. The molecular weight excluding hydrogens is 647 g/mol. The first-order chi connectivity index (χ1) is 22.8. The van der Waals surface area contributed by atoms with E-state index >= 15 is 4.39 Å². The van der Waals surface area contributed by atoms with Gasteiger partial charge in [0, 0.05) is 51.9 Å². The fourth-order valence-corrected chi connectivity index (χ4v) is 7.39. The normalized spacial score (nSPS) is 21.4. The van der Waals surface area contributed by atoms with Crippen molar-refractivity contribution in [1.29, 1.82) is 0 Å². The van der Waals surface area contributed by atoms with E-state index in [0.29, 0.717) is 45.0 Å². The van der Waals surface area contributed by atoms with E-state index in [4.69, 9.17) is 20.2 Å². The number of fused-ring (bicyclic) bond motifs is 3. The monoisotopic (exact) mass is 677 g/mol. The lowest BCUT2D eigenvalue weighted by Gasteiger charge is -2.33. The lowest BCUT2D eigenvalue weighted by atomic mass is 9.80. The quantitative estimate of drug-likeness (QED) is 0.196. The Labute approximate surface area is 275 Å². The number of carbonyl (C=O) groups excluding carboxylic acids is 2. The zero-order valence-electron chi connectivity index (χ0n) is 25.9. The molecule has 2 amide bonds. The zero-order chi connectivity index (χ0) is 33.8. The Bertz CT molecular complexity index is 2190. The Hall–Kier alpha value is -4.69. The molecular formula is C34H30F3N5O5S. The summed E-state index contributed by atoms with van der Waals surface area (Å²) in [6, 6.07) is 8.97. The number of hydrogen-bond donors (Lipinski definition) is 3. The summed E-state index contributed by atoms with van der Waals surface area (Å²) < 4.78 is 58.8. The number of hydrogen-bond acceptors (Lipinski definition) is 8. The third kappa shape index (κ3) is 4.41. The summed E-state index contributed by atoms with van der Waals surface area (Å²) in [6.07, 6.45) is 2.17. The van der Waals surface area contributed by atoms with E-state index in [-0.39, 0.29) is 47.9 Å². The minimum atomic E-state index is -2.35. The summed E-state index contributed by atoms with van der Waals surface area (Å²) in [5.74, 6) is -2.88. The Balaban J connectivity index is 1.20. The van der Waals surface area contributed by atoms with Crippen LogP contribution < -0.4 is 20.5 Å². The van der Waals surface area contributed by atoms with E-state index in [1.165, 1.54) is 42.3 Å². The van der Waals surface area contributed by atoms with E-state index in [1.807, 2.05) is 0 Å². The van der Waals surface area contributed by atoms with Crippen molar-refractivity contribution >= 4 is 44.1 Å². The molecule has 1 unspecified atom stereocenters. The number of methoxy groups -OCH3 is 1. The zero-order valence-corrected chi connectivity index (χ0v) is 26.7. The van der Waals surface area contributed by atoms with E-state index in [0.717, 1.165) is 11.3 Å². The molecule has 4 heterocycles. The van der Waals surface area contributed by atoms with Gasteiger partial charge in [-0.3, -0.25) is 9.59 Å². The average Bonchev–Trinajstić information content (AvgIpc) is 3.82. The maximum Gasteiger partial charge on any atom is 0.251 e. The third-order valence-electron chi connectivity index (χ3n) is 9.91. The number of rotatable bonds is 9. The van der Waals surface area contributed by atoms with E-state index in [1.54, 1.807) is 24.4 Å². The molecule has 3 aliphatic rings. The van der Waals surface area contributed by atoms with Gasteiger partial charge >= 0.3 is 0 Å². The van der Waals surface area contributed by atoms with Crippen LogP contribution in [0, 0.1) is 5.82 Å². The van der Waals surface area contributed by atoms with Crippen molar-refractivity contribution in [2.45, 2.75) is 55.1 Å². The smallest absolute Gasteiger partial charge is 0.251 e. The highest BCUT2D eigenvalue weighted by Gasteiger charge is 2.62. The summed E-state index contributed by atoms with van der Waals surface area (Å²) in [5.41, 5.74) is 1.29. The molecule has 48 heavy (non-hydrogen) atoms. The second kappa shape index (κ2) is 10.2. The van der Waals surface area contributed by atoms with E-state index in [2.05, 4.69) is 10.4 Å². The molecule has 1 aliphatic heterocycles. The Morgan fingerprint density at radius 3 is 2.67 bits per heavy atom. The van der Waals surface area contributed by atoms with Crippen LogP contribution in [0.4, 0.5) is 13.2 Å². The van der Waals surface area contributed by atoms with Crippen molar-refractivity contribution < 1.29 is 37.3 Å². The number of carbonyl (C=O) groups is 2. The van der Waals surface area contributed by atoms with Crippen molar-refractivity contribution in [3.05, 3.63) is 70.6 Å². The van der Waals surface area contributed by atoms with Crippen LogP contribution in [0.1, 0.15) is 54.2 Å². The first-order valence-electron chi connectivity index (χ1n) is 15.4. The van der Waals surface area contributed by atoms with Crippen LogP contribution in [0.15, 0.2) is 48.0 Å². The molecule has 2 aliphatic carbocycles. The topological polar surface area (TPSA) is 142 Å². The molecule has 0 bridgehead atoms. The molecule has 8 rings (SSSR count). The van der Waals surface area contributed by atoms with Crippen molar-refractivity contribution in [2.24, 2.45) is 5.73 Å². The minimum Gasteiger partial charge on any atom is -0.494 e. The van der Waals surface area contributed by atoms with Crippen molar-refractivity contribution in [2.75, 3.05) is 20.3 Å². The number of nitrogens with two attached hydrogens (primary N) is 1. The number of ether oxygens (including phenoxy) is 2. The highest BCUT2D eigenvalue weighted by molar-refractivity contribution is 7.17. The van der Waals surface area contributed by atoms with Crippen LogP contribution in [-0.2, 0) is 21.6 Å². The van der Waals surface area contributed by atoms with Gasteiger partial charge in [0.25, 0.3) is 5.91 Å². The molecule has 2 aromatic carbocycles. The predicted octanol–water partition coefficient (Wildman–Crippen LogP) is 5.13. The fraction of sp³-hybridized carbons (Fsp3) is 0.353. The summed E-state index contributed by atoms with van der Waals surface area (Å²) in [6.45, 7) is 0.878. The van der Waals surface area contributed by atoms with Crippen LogP contribution in [0.5, 0.6) is 11.5 Å². The summed E-state index contributed by atoms with van der Waals surface area (Å²) >= 11 is 1.15. The number of halogens is 3. The second-order valence-corrected chi connectivity index (χ2v) is 14.0. The van der Waals surface area contributed by atoms with Gasteiger partial charge in [-0.1, -0.05) is 12.1 Å². The number of nitrogens with one attached hydrogen (secondary N) is 1. The number of aromatic nitrogens is 3. The molecule has 2 fully saturated rings. The van der Waals surface area contributed by atoms with E-state index in [9.17, 15) is 23.5 Å². The maximum atomic E-state index is 16.3. The van der Waals surface area contributed by atoms with Crippen molar-refractivity contribution in [1.82, 2.24) is 20.1 Å². The van der Waals surface area contributed by atoms with Gasteiger partial charge in [-0.15, -0.1) is 11.3 Å². The van der Waals surface area contributed by atoms with Gasteiger partial charge in [-0.2, -0.15) is 5.10 Å². The van der Waals surface area contributed by atoms with Crippen LogP contribution in [0.2, 0.25) is 0 Å². The molecule has 14 heteroatoms. The molecule has 3 aromatic heterocycles. The van der Waals surface area contributed by atoms with Crippen molar-refractivity contribution in [3.8, 4) is 22.8 Å². The number of benzene rings is 2. The lowest BCUT2D eigenvalue weighted by molar-refractivity contribution is -0.123. The fourth-order valence-electron chi connectivity index (χ4n) is 6.43. The second-order valence-electron chi connectivity index (χ2n) is 13.1. The molecule has 2 saturated carbocycles. The van der Waals surface area contributed by atoms with Gasteiger partial charge in [0.05, 0.1) is 24.0 Å². The van der Waals surface area contributed by atoms with Crippen molar-refractivity contribution in [3.63, 3.8) is 0 Å². The van der Waals surface area contributed by atoms with E-state index < -0.39 is 46.7 Å². The molecule has 10 nitrogen and oxygen atoms in total. The standard InChI is InChI=1S/C34H30F3N5O5S/c1-31(30(38)44)16-47-27-21(31)12-24(40-26(27)20-14-48-28-19(20)4-3-5-22(28)35)34(45,32(36)6-7-32)15-39-29(43)17-10-18-13-42(33(37)8-9-33)41-25(18)23(11-17)46-2/h3-5,10-14,45H,6-9,15-16H2,1-2H3,(H2,38,44)(H,39,43)/t31-,34?/m0/s1. The first-order valence-corrected chi connectivity index (χ1v) is 16.3. The summed E-state index contributed by atoms with van der Waals surface area (Å²) in [5, 5.41) is 21.9. The van der Waals surface area contributed by atoms with Gasteiger partial charge in [0.1, 0.15) is 46.2 Å². The molecule has 0 saturated heterocycles. The minimum absolute atomic E-state index is 0.00635. The Morgan fingerprint density at radius 1 is 1.21 bits per heavy atom. The molecule has 4 N–H and O–H groups in total. The number of thiophene rings is 1.